The molecule has 0 aliphatic rings. The molecule has 4 heteroatoms. The van der Waals surface area contributed by atoms with Crippen LogP contribution in [0.15, 0.2) is 22.3 Å². The van der Waals surface area contributed by atoms with Gasteiger partial charge in [0.15, 0.2) is 0 Å². The van der Waals surface area contributed by atoms with Gasteiger partial charge in [0, 0.05) is 17.6 Å². The summed E-state index contributed by atoms with van der Waals surface area (Å²) in [6.07, 6.45) is 0.981. The zero-order valence-corrected chi connectivity index (χ0v) is 8.54. The molecule has 1 rings (SSSR count). The van der Waals surface area contributed by atoms with E-state index in [9.17, 15) is 4.79 Å². The van der Waals surface area contributed by atoms with E-state index in [0.29, 0.717) is 0 Å². The molecule has 1 heterocycles. The van der Waals surface area contributed by atoms with Crippen LogP contribution in [0.4, 0.5) is 0 Å². The third kappa shape index (κ3) is 4.05. The van der Waals surface area contributed by atoms with E-state index in [1.807, 2.05) is 12.3 Å². The van der Waals surface area contributed by atoms with Crippen molar-refractivity contribution in [1.82, 2.24) is 10.3 Å². The first-order valence-electron chi connectivity index (χ1n) is 4.20. The second-order valence-electron chi connectivity index (χ2n) is 3.06. The fraction of sp³-hybridized carbons (Fsp3) is 0.444. The van der Waals surface area contributed by atoms with Crippen molar-refractivity contribution in [2.24, 2.45) is 0 Å². The molecule has 0 amide bonds. The highest BCUT2D eigenvalue weighted by molar-refractivity contribution is 7.07. The van der Waals surface area contributed by atoms with Crippen LogP contribution in [0.3, 0.4) is 0 Å². The highest BCUT2D eigenvalue weighted by Crippen LogP contribution is 1.96. The summed E-state index contributed by atoms with van der Waals surface area (Å²) in [5, 5.41) is 5.07. The standard InChI is InChI=1S/C9H14N2OS/c1-7(2)3-4-10-5-8-6-13-9(12)11-8/h6,10H,1,3-5H2,2H3,(H,11,12). The van der Waals surface area contributed by atoms with Crippen molar-refractivity contribution >= 4 is 11.3 Å². The maximum Gasteiger partial charge on any atom is 0.304 e. The molecule has 1 aromatic rings. The summed E-state index contributed by atoms with van der Waals surface area (Å²) in [7, 11) is 0. The number of hydrogen-bond donors (Lipinski definition) is 2. The van der Waals surface area contributed by atoms with Crippen molar-refractivity contribution in [3.05, 3.63) is 32.9 Å². The number of aromatic nitrogens is 1. The maximum absolute atomic E-state index is 10.8. The molecular weight excluding hydrogens is 184 g/mol. The summed E-state index contributed by atoms with van der Waals surface area (Å²) in [6.45, 7) is 7.45. The summed E-state index contributed by atoms with van der Waals surface area (Å²) in [5.41, 5.74) is 2.13. The molecule has 1 aromatic heterocycles. The summed E-state index contributed by atoms with van der Waals surface area (Å²) in [5.74, 6) is 0. The zero-order valence-electron chi connectivity index (χ0n) is 7.72. The van der Waals surface area contributed by atoms with Gasteiger partial charge >= 0.3 is 4.87 Å². The second kappa shape index (κ2) is 4.99. The zero-order chi connectivity index (χ0) is 9.68. The highest BCUT2D eigenvalue weighted by atomic mass is 32.1. The molecule has 0 spiro atoms. The molecule has 0 saturated heterocycles. The number of thiazole rings is 1. The normalized spacial score (nSPS) is 10.2. The molecule has 0 radical (unpaired) electrons. The van der Waals surface area contributed by atoms with Gasteiger partial charge in [-0.1, -0.05) is 16.9 Å². The Morgan fingerprint density at radius 3 is 3.08 bits per heavy atom. The van der Waals surface area contributed by atoms with Gasteiger partial charge in [0.1, 0.15) is 0 Å². The Bertz CT molecular complexity index is 326. The fourth-order valence-corrected chi connectivity index (χ4v) is 1.51. The lowest BCUT2D eigenvalue weighted by atomic mass is 10.2. The lowest BCUT2D eigenvalue weighted by Crippen LogP contribution is -2.15. The van der Waals surface area contributed by atoms with Gasteiger partial charge in [0.2, 0.25) is 0 Å². The number of aromatic amines is 1. The van der Waals surface area contributed by atoms with Crippen LogP contribution in [-0.2, 0) is 6.54 Å². The monoisotopic (exact) mass is 198 g/mol. The minimum absolute atomic E-state index is 0.0108. The van der Waals surface area contributed by atoms with Crippen LogP contribution in [0, 0.1) is 0 Å². The van der Waals surface area contributed by atoms with E-state index >= 15 is 0 Å². The molecular formula is C9H14N2OS. The van der Waals surface area contributed by atoms with E-state index in [4.69, 9.17) is 0 Å². The Labute approximate surface area is 81.5 Å². The topological polar surface area (TPSA) is 44.9 Å². The summed E-state index contributed by atoms with van der Waals surface area (Å²) < 4.78 is 0. The molecule has 0 aliphatic carbocycles. The largest absolute Gasteiger partial charge is 0.315 e. The third-order valence-electron chi connectivity index (χ3n) is 1.61. The lowest BCUT2D eigenvalue weighted by molar-refractivity contribution is 0.674. The summed E-state index contributed by atoms with van der Waals surface area (Å²) >= 11 is 1.20. The van der Waals surface area contributed by atoms with Crippen LogP contribution in [0.5, 0.6) is 0 Å². The molecule has 0 aliphatic heterocycles. The van der Waals surface area contributed by atoms with Gasteiger partial charge in [0.25, 0.3) is 0 Å². The van der Waals surface area contributed by atoms with Crippen molar-refractivity contribution in [2.75, 3.05) is 6.54 Å². The van der Waals surface area contributed by atoms with Crippen LogP contribution in [0.1, 0.15) is 19.0 Å². The average Bonchev–Trinajstić information content (AvgIpc) is 2.45. The predicted molar refractivity (Wildman–Crippen MR) is 56.1 cm³/mol. The van der Waals surface area contributed by atoms with Gasteiger partial charge in [-0.15, -0.1) is 6.58 Å². The molecule has 0 fully saturated rings. The smallest absolute Gasteiger partial charge is 0.304 e. The minimum Gasteiger partial charge on any atom is -0.315 e. The molecule has 0 bridgehead atoms. The van der Waals surface area contributed by atoms with Gasteiger partial charge in [0.05, 0.1) is 0 Å². The van der Waals surface area contributed by atoms with Crippen LogP contribution in [-0.4, -0.2) is 11.5 Å². The van der Waals surface area contributed by atoms with Crippen molar-refractivity contribution in [3.8, 4) is 0 Å². The number of H-pyrrole nitrogens is 1. The van der Waals surface area contributed by atoms with Crippen molar-refractivity contribution in [2.45, 2.75) is 19.9 Å². The van der Waals surface area contributed by atoms with Gasteiger partial charge < -0.3 is 10.3 Å². The van der Waals surface area contributed by atoms with E-state index in [0.717, 1.165) is 25.2 Å². The van der Waals surface area contributed by atoms with Crippen molar-refractivity contribution in [1.29, 1.82) is 0 Å². The molecule has 72 valence electrons. The van der Waals surface area contributed by atoms with Gasteiger partial charge in [-0.3, -0.25) is 4.79 Å². The molecule has 0 aromatic carbocycles. The number of rotatable bonds is 5. The van der Waals surface area contributed by atoms with Crippen LogP contribution >= 0.6 is 11.3 Å². The molecule has 0 atom stereocenters. The van der Waals surface area contributed by atoms with E-state index in [1.54, 1.807) is 0 Å². The number of hydrogen-bond acceptors (Lipinski definition) is 3. The Balaban J connectivity index is 2.20. The molecule has 0 unspecified atom stereocenters. The average molecular weight is 198 g/mol. The van der Waals surface area contributed by atoms with E-state index in [-0.39, 0.29) is 4.87 Å². The van der Waals surface area contributed by atoms with Crippen molar-refractivity contribution < 1.29 is 0 Å². The van der Waals surface area contributed by atoms with Crippen LogP contribution in [0.2, 0.25) is 0 Å². The Hall–Kier alpha value is -0.870. The quantitative estimate of drug-likeness (QED) is 0.556. The molecule has 0 saturated carbocycles. The van der Waals surface area contributed by atoms with E-state index in [2.05, 4.69) is 16.9 Å². The maximum atomic E-state index is 10.8. The molecule has 3 nitrogen and oxygen atoms in total. The van der Waals surface area contributed by atoms with Gasteiger partial charge in [-0.25, -0.2) is 0 Å². The molecule has 2 N–H and O–H groups in total. The number of nitrogens with one attached hydrogen (secondary N) is 2. The highest BCUT2D eigenvalue weighted by Gasteiger charge is 1.94. The second-order valence-corrected chi connectivity index (χ2v) is 3.90. The SMILES string of the molecule is C=C(C)CCNCc1csc(=O)[nH]1. The Morgan fingerprint density at radius 1 is 1.77 bits per heavy atom. The molecule has 13 heavy (non-hydrogen) atoms. The van der Waals surface area contributed by atoms with E-state index < -0.39 is 0 Å². The Morgan fingerprint density at radius 2 is 2.54 bits per heavy atom. The summed E-state index contributed by atoms with van der Waals surface area (Å²) in [6, 6.07) is 0. The fourth-order valence-electron chi connectivity index (χ4n) is 0.925. The first-order chi connectivity index (χ1) is 6.18. The predicted octanol–water partition coefficient (Wildman–Crippen LogP) is 1.49. The van der Waals surface area contributed by atoms with Crippen LogP contribution < -0.4 is 10.2 Å². The first-order valence-corrected chi connectivity index (χ1v) is 5.08. The Kier molecular flexibility index (Phi) is 3.92. The van der Waals surface area contributed by atoms with Crippen LogP contribution in [0.25, 0.3) is 0 Å². The summed E-state index contributed by atoms with van der Waals surface area (Å²) in [4.78, 5) is 13.5. The van der Waals surface area contributed by atoms with Gasteiger partial charge in [-0.2, -0.15) is 0 Å². The van der Waals surface area contributed by atoms with Gasteiger partial charge in [-0.05, 0) is 19.9 Å². The first kappa shape index (κ1) is 10.2. The minimum atomic E-state index is 0.0108. The lowest BCUT2D eigenvalue weighted by Gasteiger charge is -2.01. The van der Waals surface area contributed by atoms with E-state index in [1.165, 1.54) is 16.9 Å². The van der Waals surface area contributed by atoms with Crippen molar-refractivity contribution in [3.63, 3.8) is 0 Å². The third-order valence-corrected chi connectivity index (χ3v) is 2.33.